The molecule has 6 aromatic heterocycles. The fourth-order valence-electron chi connectivity index (χ4n) is 16.1. The summed E-state index contributed by atoms with van der Waals surface area (Å²) in [6, 6.07) is 119. The maximum absolute atomic E-state index is 6.66. The fraction of sp³-hybridized carbons (Fsp3) is 0.0556. The Bertz CT molecular complexity index is 7170. The Hall–Kier alpha value is -16.9. The number of nitrogens with one attached hydrogen (secondary N) is 1. The summed E-state index contributed by atoms with van der Waals surface area (Å²) >= 11 is 0. The van der Waals surface area contributed by atoms with Gasteiger partial charge in [-0.3, -0.25) is 0 Å². The SMILES string of the molecule is COc1cc2oc(-c3ccc(-c4cc(-c5ccc(-c6nc7cc(C)c(OC)cc7o6)cc5)cc(-c5ccc(-c6nc7cc(C)c(OC)cc7o6)cc5)c4)cc3)nc2cc1C.c1ccc(Nc2ccc3nc(-c4cc(-c5nc6ccc(N(c7ccccc7)c7ccccc7)cc6o5)cc(-c5nc6ccc(N(c7ccccc7)c7ccccc7)cc6o5)c4)oc3c2)cc1. The van der Waals surface area contributed by atoms with Crippen molar-refractivity contribution in [1.29, 1.82) is 0 Å². The first-order valence-electron chi connectivity index (χ1n) is 41.2. The first-order valence-corrected chi connectivity index (χ1v) is 41.2. The first-order chi connectivity index (χ1) is 61.9. The second kappa shape index (κ2) is 32.6. The number of methoxy groups -OCH3 is 3. The number of hydrogen-bond donors (Lipinski definition) is 1. The lowest BCUT2D eigenvalue weighted by Gasteiger charge is -2.25. The van der Waals surface area contributed by atoms with E-state index in [4.69, 9.17) is 70.6 Å². The number of aryl methyl sites for hydroxylation is 3. The van der Waals surface area contributed by atoms with Gasteiger partial charge in [0.05, 0.1) is 21.3 Å². The van der Waals surface area contributed by atoms with Crippen molar-refractivity contribution < 1.29 is 40.7 Å². The van der Waals surface area contributed by atoms with Gasteiger partial charge in [-0.2, -0.15) is 0 Å². The van der Waals surface area contributed by atoms with E-state index in [1.54, 1.807) is 21.3 Å². The largest absolute Gasteiger partial charge is 0.496 e. The highest BCUT2D eigenvalue weighted by atomic mass is 16.5. The molecule has 0 aliphatic carbocycles. The highest BCUT2D eigenvalue weighted by Gasteiger charge is 2.24. The second-order valence-corrected chi connectivity index (χ2v) is 30.8. The van der Waals surface area contributed by atoms with Crippen LogP contribution in [0.25, 0.3) is 169 Å². The van der Waals surface area contributed by atoms with Crippen LogP contribution >= 0.6 is 0 Å². The van der Waals surface area contributed by atoms with E-state index in [0.29, 0.717) is 85.5 Å². The molecule has 0 unspecified atom stereocenters. The molecule has 18 heteroatoms. The van der Waals surface area contributed by atoms with Crippen LogP contribution in [0, 0.1) is 20.8 Å². The van der Waals surface area contributed by atoms with Crippen LogP contribution in [0.15, 0.2) is 378 Å². The molecule has 126 heavy (non-hydrogen) atoms. The van der Waals surface area contributed by atoms with E-state index in [1.165, 1.54) is 0 Å². The molecule has 608 valence electrons. The van der Waals surface area contributed by atoms with Crippen LogP contribution in [0.2, 0.25) is 0 Å². The molecule has 22 rings (SSSR count). The third-order valence-corrected chi connectivity index (χ3v) is 22.5. The van der Waals surface area contributed by atoms with Crippen molar-refractivity contribution in [2.45, 2.75) is 20.8 Å². The molecule has 0 spiro atoms. The summed E-state index contributed by atoms with van der Waals surface area (Å²) in [5.74, 6) is 5.27. The van der Waals surface area contributed by atoms with Crippen LogP contribution in [-0.2, 0) is 0 Å². The van der Waals surface area contributed by atoms with Gasteiger partial charge in [-0.05, 0) is 259 Å². The highest BCUT2D eigenvalue weighted by Crippen LogP contribution is 2.45. The zero-order chi connectivity index (χ0) is 84.9. The normalized spacial score (nSPS) is 11.4. The van der Waals surface area contributed by atoms with E-state index in [1.807, 2.05) is 221 Å². The van der Waals surface area contributed by atoms with Crippen LogP contribution in [0.5, 0.6) is 17.2 Å². The van der Waals surface area contributed by atoms with Gasteiger partial charge in [0.15, 0.2) is 33.5 Å². The maximum Gasteiger partial charge on any atom is 0.227 e. The Morgan fingerprint density at radius 2 is 0.460 bits per heavy atom. The van der Waals surface area contributed by atoms with Crippen molar-refractivity contribution in [3.63, 3.8) is 0 Å². The lowest BCUT2D eigenvalue weighted by Crippen LogP contribution is -2.09. The van der Waals surface area contributed by atoms with Crippen molar-refractivity contribution >= 4 is 112 Å². The summed E-state index contributed by atoms with van der Waals surface area (Å²) < 4.78 is 54.9. The van der Waals surface area contributed by atoms with Crippen molar-refractivity contribution in [3.8, 4) is 119 Å². The zero-order valence-electron chi connectivity index (χ0n) is 69.2. The smallest absolute Gasteiger partial charge is 0.227 e. The first kappa shape index (κ1) is 76.5. The van der Waals surface area contributed by atoms with Gasteiger partial charge >= 0.3 is 0 Å². The average Bonchev–Trinajstić information content (AvgIpc) is 1.64. The third kappa shape index (κ3) is 15.2. The van der Waals surface area contributed by atoms with Gasteiger partial charge in [0.25, 0.3) is 0 Å². The Balaban J connectivity index is 0.000000155. The summed E-state index contributed by atoms with van der Waals surface area (Å²) in [5.41, 5.74) is 30.5. The molecule has 6 heterocycles. The number of benzene rings is 16. The molecule has 0 saturated carbocycles. The van der Waals surface area contributed by atoms with Crippen molar-refractivity contribution in [1.82, 2.24) is 29.9 Å². The lowest BCUT2D eigenvalue weighted by molar-refractivity contribution is 0.411. The topological polar surface area (TPSA) is 202 Å². The number of fused-ring (bicyclic) bond motifs is 6. The van der Waals surface area contributed by atoms with E-state index >= 15 is 0 Å². The van der Waals surface area contributed by atoms with Gasteiger partial charge in [0.2, 0.25) is 35.3 Å². The monoisotopic (exact) mass is 1640 g/mol. The van der Waals surface area contributed by atoms with Crippen LogP contribution in [0.4, 0.5) is 45.5 Å². The second-order valence-electron chi connectivity index (χ2n) is 30.8. The number of ether oxygens (including phenoxy) is 3. The minimum atomic E-state index is 0.432. The highest BCUT2D eigenvalue weighted by molar-refractivity contribution is 5.92. The Kier molecular flexibility index (Phi) is 19.8. The minimum Gasteiger partial charge on any atom is -0.496 e. The summed E-state index contributed by atoms with van der Waals surface area (Å²) in [6.45, 7) is 6.00. The molecule has 0 bridgehead atoms. The summed E-state index contributed by atoms with van der Waals surface area (Å²) in [6.07, 6.45) is 0. The molecule has 18 nitrogen and oxygen atoms in total. The molecule has 0 aliphatic rings. The van der Waals surface area contributed by atoms with E-state index in [0.717, 1.165) is 163 Å². The number of rotatable bonds is 20. The predicted molar refractivity (Wildman–Crippen MR) is 500 cm³/mol. The number of nitrogens with zero attached hydrogens (tertiary/aromatic N) is 8. The number of para-hydroxylation sites is 5. The van der Waals surface area contributed by atoms with Crippen LogP contribution in [0.1, 0.15) is 16.7 Å². The van der Waals surface area contributed by atoms with Crippen LogP contribution < -0.4 is 29.3 Å². The van der Waals surface area contributed by atoms with Gasteiger partial charge in [-0.1, -0.05) is 127 Å². The predicted octanol–water partition coefficient (Wildman–Crippen LogP) is 28.9. The standard InChI is InChI=1S/C57H38N6O3.C51H39N3O6/c1-6-16-41(17-7-1)58-42-26-29-49-52(35-42)64-55(59-49)38-32-39(56-60-50-30-27-47(36-53(50)65-56)62(43-18-8-2-9-19-43)44-20-10-3-11-21-44)34-40(33-38)57-61-51-31-28-48(37-54(51)66-57)63(45-22-12-4-13-23-45)46-24-14-5-15-25-46;1-28-19-40-46(25-43(28)55-4)58-49(52-40)34-13-7-31(8-14-34)37-22-38(32-9-15-35(16-10-32)50-53-41-20-29(2)44(56-5)26-47(41)59-50)24-39(23-37)33-11-17-36(18-12-33)51-54-42-21-30(3)45(57-6)27-48(42)60-51/h1-37,58H;7-27H,1-6H3. The van der Waals surface area contributed by atoms with Crippen molar-refractivity contribution in [3.05, 3.63) is 369 Å². The van der Waals surface area contributed by atoms with Gasteiger partial charge in [0.1, 0.15) is 50.3 Å². The number of oxazole rings is 6. The molecule has 22 aromatic rings. The molecule has 0 atom stereocenters. The zero-order valence-corrected chi connectivity index (χ0v) is 69.2. The van der Waals surface area contributed by atoms with Crippen LogP contribution in [-0.4, -0.2) is 51.2 Å². The molecule has 0 saturated heterocycles. The average molecular weight is 1640 g/mol. The molecule has 0 amide bonds. The third-order valence-electron chi connectivity index (χ3n) is 22.5. The van der Waals surface area contributed by atoms with Gasteiger partial charge in [0, 0.05) is 115 Å². The maximum atomic E-state index is 6.66. The quantitative estimate of drug-likeness (QED) is 0.0754. The molecule has 0 fully saturated rings. The number of hydrogen-bond acceptors (Lipinski definition) is 18. The molecule has 16 aromatic carbocycles. The van der Waals surface area contributed by atoms with Crippen molar-refractivity contribution in [2.75, 3.05) is 36.4 Å². The van der Waals surface area contributed by atoms with Crippen molar-refractivity contribution in [2.24, 2.45) is 0 Å². The fourth-order valence-corrected chi connectivity index (χ4v) is 16.1. The van der Waals surface area contributed by atoms with Gasteiger partial charge < -0.3 is 55.8 Å². The summed E-state index contributed by atoms with van der Waals surface area (Å²) in [4.78, 5) is 33.7. The molecule has 1 N–H and O–H groups in total. The van der Waals surface area contributed by atoms with E-state index in [2.05, 4.69) is 167 Å². The molecular formula is C108H77N9O9. The van der Waals surface area contributed by atoms with E-state index < -0.39 is 0 Å². The molecular weight excluding hydrogens is 1570 g/mol. The lowest BCUT2D eigenvalue weighted by atomic mass is 9.92. The summed E-state index contributed by atoms with van der Waals surface area (Å²) in [7, 11) is 4.98. The Labute approximate surface area is 723 Å². The Morgan fingerprint density at radius 1 is 0.206 bits per heavy atom. The summed E-state index contributed by atoms with van der Waals surface area (Å²) in [5, 5.41) is 3.46. The minimum absolute atomic E-state index is 0.432. The van der Waals surface area contributed by atoms with Gasteiger partial charge in [-0.15, -0.1) is 0 Å². The van der Waals surface area contributed by atoms with Crippen LogP contribution in [0.3, 0.4) is 0 Å². The molecule has 0 radical (unpaired) electrons. The number of anilines is 8. The van der Waals surface area contributed by atoms with Gasteiger partial charge in [-0.25, -0.2) is 29.9 Å². The van der Waals surface area contributed by atoms with E-state index in [9.17, 15) is 0 Å². The number of aromatic nitrogens is 6. The molecule has 0 aliphatic heterocycles. The Morgan fingerprint density at radius 3 is 0.770 bits per heavy atom. The van der Waals surface area contributed by atoms with E-state index in [-0.39, 0.29) is 0 Å².